The molecule has 1 saturated heterocycles. The molecule has 162 valence electrons. The van der Waals surface area contributed by atoms with Gasteiger partial charge in [-0.2, -0.15) is 10.3 Å². The highest BCUT2D eigenvalue weighted by Crippen LogP contribution is 2.23. The lowest BCUT2D eigenvalue weighted by molar-refractivity contribution is -0.138. The Hall–Kier alpha value is -4.12. The smallest absolute Gasteiger partial charge is 0.344 e. The maximum atomic E-state index is 12.9. The minimum absolute atomic E-state index is 0.0848. The number of fused-ring (bicyclic) bond motifs is 1. The third-order valence-corrected chi connectivity index (χ3v) is 5.77. The lowest BCUT2D eigenvalue weighted by Gasteiger charge is -2.21. The first-order valence-electron chi connectivity index (χ1n) is 10.4. The van der Waals surface area contributed by atoms with Crippen LogP contribution in [0.4, 0.5) is 4.79 Å². The number of aromatic nitrogens is 1. The van der Waals surface area contributed by atoms with Crippen LogP contribution in [0.5, 0.6) is 0 Å². The van der Waals surface area contributed by atoms with E-state index >= 15 is 0 Å². The van der Waals surface area contributed by atoms with Crippen LogP contribution in [-0.2, 0) is 22.4 Å². The number of nitriles is 1. The first kappa shape index (κ1) is 21.1. The van der Waals surface area contributed by atoms with Crippen LogP contribution in [0.15, 0.2) is 54.7 Å². The fourth-order valence-electron chi connectivity index (χ4n) is 3.88. The molecule has 32 heavy (non-hydrogen) atoms. The number of imide groups is 1. The molecule has 0 saturated carbocycles. The summed E-state index contributed by atoms with van der Waals surface area (Å²) < 4.78 is 0. The lowest BCUT2D eigenvalue weighted by atomic mass is 9.93. The number of amides is 4. The number of hydrogen-bond donors (Lipinski definition) is 3. The van der Waals surface area contributed by atoms with Gasteiger partial charge in [-0.25, -0.2) is 4.79 Å². The minimum atomic E-state index is -1.08. The molecule has 1 aliphatic rings. The number of nitrogens with one attached hydrogen (secondary N) is 3. The van der Waals surface area contributed by atoms with Gasteiger partial charge in [0.1, 0.15) is 5.54 Å². The van der Waals surface area contributed by atoms with Crippen LogP contribution in [0.25, 0.3) is 10.9 Å². The molecule has 0 radical (unpaired) electrons. The van der Waals surface area contributed by atoms with Gasteiger partial charge in [0.05, 0.1) is 11.6 Å². The fraction of sp³-hybridized carbons (Fsp3) is 0.250. The monoisotopic (exact) mass is 429 g/mol. The summed E-state index contributed by atoms with van der Waals surface area (Å²) in [6, 6.07) is 16.5. The normalized spacial score (nSPS) is 17.9. The van der Waals surface area contributed by atoms with Crippen molar-refractivity contribution in [3.05, 3.63) is 71.4 Å². The molecule has 1 aliphatic heterocycles. The maximum absolute atomic E-state index is 12.9. The quantitative estimate of drug-likeness (QED) is 0.501. The molecule has 1 aromatic heterocycles. The number of nitrogens with zero attached hydrogens (tertiary/aromatic N) is 2. The Morgan fingerprint density at radius 1 is 1.16 bits per heavy atom. The Bertz CT molecular complexity index is 1230. The average Bonchev–Trinajstić information content (AvgIpc) is 3.30. The second-order valence-electron chi connectivity index (χ2n) is 8.11. The van der Waals surface area contributed by atoms with Crippen molar-refractivity contribution in [1.82, 2.24) is 20.7 Å². The molecule has 2 heterocycles. The van der Waals surface area contributed by atoms with Crippen LogP contribution in [0.1, 0.15) is 36.5 Å². The van der Waals surface area contributed by atoms with Crippen molar-refractivity contribution in [3.63, 3.8) is 0 Å². The molecule has 4 rings (SSSR count). The predicted octanol–water partition coefficient (Wildman–Crippen LogP) is 2.95. The van der Waals surface area contributed by atoms with E-state index in [1.54, 1.807) is 25.3 Å². The summed E-state index contributed by atoms with van der Waals surface area (Å²) >= 11 is 0. The molecule has 8 nitrogen and oxygen atoms in total. The summed E-state index contributed by atoms with van der Waals surface area (Å²) in [7, 11) is 0. The number of aryl methyl sites for hydroxylation is 2. The van der Waals surface area contributed by atoms with Crippen LogP contribution in [0, 0.1) is 11.3 Å². The van der Waals surface area contributed by atoms with E-state index in [9.17, 15) is 14.4 Å². The van der Waals surface area contributed by atoms with Crippen molar-refractivity contribution in [1.29, 1.82) is 5.26 Å². The molecule has 4 amide bonds. The summed E-state index contributed by atoms with van der Waals surface area (Å²) in [5.41, 5.74) is 4.73. The number of hydrazine groups is 1. The summed E-state index contributed by atoms with van der Waals surface area (Å²) in [4.78, 5) is 40.8. The Kier molecular flexibility index (Phi) is 5.65. The maximum Gasteiger partial charge on any atom is 0.344 e. The largest absolute Gasteiger partial charge is 0.361 e. The zero-order chi connectivity index (χ0) is 22.7. The van der Waals surface area contributed by atoms with E-state index in [0.717, 1.165) is 27.0 Å². The van der Waals surface area contributed by atoms with Crippen molar-refractivity contribution in [2.24, 2.45) is 0 Å². The Morgan fingerprint density at radius 3 is 2.69 bits per heavy atom. The van der Waals surface area contributed by atoms with Crippen molar-refractivity contribution < 1.29 is 14.4 Å². The number of rotatable bonds is 7. The van der Waals surface area contributed by atoms with Gasteiger partial charge in [-0.05, 0) is 55.5 Å². The van der Waals surface area contributed by atoms with Crippen LogP contribution in [0.3, 0.4) is 0 Å². The van der Waals surface area contributed by atoms with Gasteiger partial charge in [0.15, 0.2) is 0 Å². The summed E-state index contributed by atoms with van der Waals surface area (Å²) in [5, 5.41) is 13.4. The zero-order valence-electron chi connectivity index (χ0n) is 17.6. The molecule has 3 N–H and O–H groups in total. The summed E-state index contributed by atoms with van der Waals surface area (Å²) in [6.45, 7) is 1.67. The van der Waals surface area contributed by atoms with Crippen molar-refractivity contribution in [2.45, 2.75) is 38.1 Å². The second-order valence-corrected chi connectivity index (χ2v) is 8.11. The molecular weight excluding hydrogens is 406 g/mol. The molecule has 0 spiro atoms. The number of H-pyrrole nitrogens is 1. The van der Waals surface area contributed by atoms with E-state index in [1.165, 1.54) is 0 Å². The number of urea groups is 1. The van der Waals surface area contributed by atoms with Gasteiger partial charge >= 0.3 is 6.03 Å². The topological polar surface area (TPSA) is 118 Å². The Labute approximate surface area is 185 Å². The first-order chi connectivity index (χ1) is 15.4. The van der Waals surface area contributed by atoms with Gasteiger partial charge in [-0.15, -0.1) is 0 Å². The minimum Gasteiger partial charge on any atom is -0.361 e. The van der Waals surface area contributed by atoms with Gasteiger partial charge in [-0.3, -0.25) is 15.0 Å². The Balaban J connectivity index is 1.36. The molecule has 0 aliphatic carbocycles. The number of benzene rings is 2. The zero-order valence-corrected chi connectivity index (χ0v) is 17.6. The highest BCUT2D eigenvalue weighted by Gasteiger charge is 2.48. The van der Waals surface area contributed by atoms with E-state index < -0.39 is 23.4 Å². The molecule has 1 fully saturated rings. The van der Waals surface area contributed by atoms with Crippen molar-refractivity contribution >= 4 is 28.7 Å². The van der Waals surface area contributed by atoms with Crippen molar-refractivity contribution in [2.75, 3.05) is 0 Å². The van der Waals surface area contributed by atoms with E-state index in [4.69, 9.17) is 5.26 Å². The number of aromatic amines is 1. The van der Waals surface area contributed by atoms with Crippen molar-refractivity contribution in [3.8, 4) is 6.07 Å². The van der Waals surface area contributed by atoms with E-state index in [1.807, 2.05) is 36.4 Å². The van der Waals surface area contributed by atoms with Gasteiger partial charge in [-0.1, -0.05) is 30.3 Å². The van der Waals surface area contributed by atoms with Crippen LogP contribution in [-0.4, -0.2) is 33.4 Å². The third kappa shape index (κ3) is 4.18. The molecule has 1 unspecified atom stereocenters. The highest BCUT2D eigenvalue weighted by molar-refractivity contribution is 6.07. The summed E-state index contributed by atoms with van der Waals surface area (Å²) in [6.07, 6.45) is 3.32. The van der Waals surface area contributed by atoms with Gasteiger partial charge in [0.2, 0.25) is 5.91 Å². The van der Waals surface area contributed by atoms with Gasteiger partial charge in [0.25, 0.3) is 5.91 Å². The molecule has 8 heteroatoms. The average molecular weight is 429 g/mol. The molecule has 1 atom stereocenters. The number of carbonyl (C=O) groups excluding carboxylic acids is 3. The standard InChI is InChI=1S/C24H23N5O3/c1-24(12-11-16-5-3-2-4-6-16)22(31)29(23(32)27-24)28-21(30)10-8-18-15-26-20-9-7-17(14-25)13-19(18)20/h2-7,9,13,15,26H,8,10-12H2,1H3,(H,27,32)(H,28,30). The van der Waals surface area contributed by atoms with Crippen LogP contribution in [0.2, 0.25) is 0 Å². The number of hydrogen-bond acceptors (Lipinski definition) is 4. The molecule has 0 bridgehead atoms. The fourth-order valence-corrected chi connectivity index (χ4v) is 3.88. The van der Waals surface area contributed by atoms with Crippen LogP contribution < -0.4 is 10.7 Å². The highest BCUT2D eigenvalue weighted by atomic mass is 16.2. The lowest BCUT2D eigenvalue weighted by Crippen LogP contribution is -2.49. The van der Waals surface area contributed by atoms with Crippen LogP contribution >= 0.6 is 0 Å². The Morgan fingerprint density at radius 2 is 1.94 bits per heavy atom. The van der Waals surface area contributed by atoms with Gasteiger partial charge in [0, 0.05) is 23.5 Å². The molecular formula is C24H23N5O3. The SMILES string of the molecule is CC1(CCc2ccccc2)NC(=O)N(NC(=O)CCc2c[nH]c3ccc(C#N)cc23)C1=O. The molecule has 3 aromatic rings. The second kappa shape index (κ2) is 8.55. The van der Waals surface area contributed by atoms with E-state index in [2.05, 4.69) is 21.8 Å². The summed E-state index contributed by atoms with van der Waals surface area (Å²) in [5.74, 6) is -0.913. The van der Waals surface area contributed by atoms with E-state index in [0.29, 0.717) is 24.8 Å². The number of carbonyl (C=O) groups is 3. The van der Waals surface area contributed by atoms with Gasteiger partial charge < -0.3 is 10.3 Å². The van der Waals surface area contributed by atoms with E-state index in [-0.39, 0.29) is 6.42 Å². The first-order valence-corrected chi connectivity index (χ1v) is 10.4. The molecule has 2 aromatic carbocycles. The third-order valence-electron chi connectivity index (χ3n) is 5.77. The predicted molar refractivity (Wildman–Crippen MR) is 118 cm³/mol.